The summed E-state index contributed by atoms with van der Waals surface area (Å²) in [5.41, 5.74) is 1.44. The fourth-order valence-corrected chi connectivity index (χ4v) is 3.64. The first-order chi connectivity index (χ1) is 9.94. The van der Waals surface area contributed by atoms with E-state index < -0.39 is 4.45 Å². The molecule has 0 bridgehead atoms. The largest absolute Gasteiger partial charge is 0.337 e. The summed E-state index contributed by atoms with van der Waals surface area (Å²) >= 11 is 3.44. The maximum absolute atomic E-state index is 12.8. The average molecular weight is 346 g/mol. The molecule has 0 saturated heterocycles. The van der Waals surface area contributed by atoms with Gasteiger partial charge in [0, 0.05) is 35.6 Å². The summed E-state index contributed by atoms with van der Waals surface area (Å²) in [5.74, 6) is -0.686. The highest BCUT2D eigenvalue weighted by Crippen LogP contribution is 2.41. The molecule has 0 fully saturated rings. The van der Waals surface area contributed by atoms with Gasteiger partial charge in [0.2, 0.25) is 5.91 Å². The molecule has 21 heavy (non-hydrogen) atoms. The molecule has 5 heteroatoms. The Morgan fingerprint density at radius 3 is 2.43 bits per heavy atom. The molecule has 0 aliphatic heterocycles. The van der Waals surface area contributed by atoms with Crippen molar-refractivity contribution < 1.29 is 14.4 Å². The number of nitrogens with one attached hydrogen (secondary N) is 1. The number of halogens is 1. The molecule has 1 aromatic rings. The maximum atomic E-state index is 12.8. The van der Waals surface area contributed by atoms with E-state index in [0.717, 1.165) is 0 Å². The van der Waals surface area contributed by atoms with Crippen LogP contribution in [0.2, 0.25) is 0 Å². The van der Waals surface area contributed by atoms with Gasteiger partial charge in [-0.05, 0) is 0 Å². The quantitative estimate of drug-likeness (QED) is 0.628. The zero-order chi connectivity index (χ0) is 15.2. The number of allylic oxidation sites excluding steroid dienone is 2. The number of benzene rings is 1. The van der Waals surface area contributed by atoms with Crippen LogP contribution >= 0.6 is 15.9 Å². The summed E-state index contributed by atoms with van der Waals surface area (Å²) in [6.07, 6.45) is 3.85. The number of Topliss-reactive ketones (excluding diaryl/α,β-unsaturated/α-hetero) is 2. The summed E-state index contributed by atoms with van der Waals surface area (Å²) in [5, 5.41) is 2.73. The molecule has 2 aliphatic carbocycles. The highest BCUT2D eigenvalue weighted by molar-refractivity contribution is 9.10. The van der Waals surface area contributed by atoms with Crippen molar-refractivity contribution >= 4 is 33.4 Å². The summed E-state index contributed by atoms with van der Waals surface area (Å²) in [4.78, 5) is 36.8. The van der Waals surface area contributed by atoms with E-state index in [1.165, 1.54) is 6.92 Å². The lowest BCUT2D eigenvalue weighted by molar-refractivity contribution is -0.119. The molecule has 0 radical (unpaired) electrons. The number of hydrogen-bond donors (Lipinski definition) is 1. The molecule has 1 unspecified atom stereocenters. The number of carbonyl (C=O) groups is 3. The number of hydrogen-bond acceptors (Lipinski definition) is 3. The SMILES string of the molecule is CC(=O)NC1(Br)CC=CC2=C1C(=O)c1ccccc1C2=O. The minimum absolute atomic E-state index is 0.190. The normalized spacial score (nSPS) is 23.7. The Kier molecular flexibility index (Phi) is 3.17. The Morgan fingerprint density at radius 1 is 1.19 bits per heavy atom. The summed E-state index contributed by atoms with van der Waals surface area (Å²) in [7, 11) is 0. The van der Waals surface area contributed by atoms with Crippen LogP contribution < -0.4 is 5.32 Å². The minimum Gasteiger partial charge on any atom is -0.337 e. The lowest BCUT2D eigenvalue weighted by Gasteiger charge is -2.35. The van der Waals surface area contributed by atoms with E-state index in [2.05, 4.69) is 21.2 Å². The number of fused-ring (bicyclic) bond motifs is 1. The van der Waals surface area contributed by atoms with Crippen LogP contribution in [0.4, 0.5) is 0 Å². The van der Waals surface area contributed by atoms with E-state index in [1.54, 1.807) is 36.4 Å². The molecular formula is C16H12BrNO3. The van der Waals surface area contributed by atoms with E-state index in [0.29, 0.717) is 28.7 Å². The van der Waals surface area contributed by atoms with Crippen molar-refractivity contribution in [2.75, 3.05) is 0 Å². The third-order valence-electron chi connectivity index (χ3n) is 3.61. The molecule has 1 amide bonds. The Bertz CT molecular complexity index is 748. The lowest BCUT2D eigenvalue weighted by atomic mass is 9.78. The predicted octanol–water partition coefficient (Wildman–Crippen LogP) is 2.55. The van der Waals surface area contributed by atoms with Crippen molar-refractivity contribution in [1.29, 1.82) is 0 Å². The van der Waals surface area contributed by atoms with Gasteiger partial charge in [-0.15, -0.1) is 0 Å². The van der Waals surface area contributed by atoms with Gasteiger partial charge in [-0.25, -0.2) is 0 Å². The second kappa shape index (κ2) is 4.77. The number of alkyl halides is 1. The fourth-order valence-electron chi connectivity index (χ4n) is 2.78. The molecule has 0 aromatic heterocycles. The van der Waals surface area contributed by atoms with Crippen molar-refractivity contribution in [3.05, 3.63) is 58.7 Å². The van der Waals surface area contributed by atoms with Crippen LogP contribution in [0.3, 0.4) is 0 Å². The standard InChI is InChI=1S/C16H12BrNO3/c1-9(19)18-16(17)8-4-7-12-13(16)15(21)11-6-3-2-5-10(11)14(12)20/h2-7H,8H2,1H3,(H,18,19). The Balaban J connectivity index is 2.21. The fraction of sp³-hybridized carbons (Fsp3) is 0.188. The number of amides is 1. The van der Waals surface area contributed by atoms with Gasteiger partial charge >= 0.3 is 0 Å². The molecule has 1 aromatic carbocycles. The number of carbonyl (C=O) groups excluding carboxylic acids is 3. The summed E-state index contributed by atoms with van der Waals surface area (Å²) in [6, 6.07) is 6.74. The van der Waals surface area contributed by atoms with Crippen LogP contribution in [-0.4, -0.2) is 21.9 Å². The van der Waals surface area contributed by atoms with E-state index in [4.69, 9.17) is 0 Å². The average Bonchev–Trinajstić information content (AvgIpc) is 2.43. The molecule has 4 nitrogen and oxygen atoms in total. The van der Waals surface area contributed by atoms with Crippen LogP contribution in [0.25, 0.3) is 0 Å². The lowest BCUT2D eigenvalue weighted by Crippen LogP contribution is -2.48. The Hall–Kier alpha value is -2.01. The third-order valence-corrected chi connectivity index (χ3v) is 4.53. The first-order valence-electron chi connectivity index (χ1n) is 6.51. The van der Waals surface area contributed by atoms with Crippen molar-refractivity contribution in [2.45, 2.75) is 17.8 Å². The molecule has 2 aliphatic rings. The highest BCUT2D eigenvalue weighted by Gasteiger charge is 2.44. The van der Waals surface area contributed by atoms with Crippen LogP contribution in [0.5, 0.6) is 0 Å². The minimum atomic E-state index is -1.02. The van der Waals surface area contributed by atoms with Gasteiger partial charge in [-0.3, -0.25) is 14.4 Å². The molecule has 3 rings (SSSR count). The zero-order valence-corrected chi connectivity index (χ0v) is 12.9. The van der Waals surface area contributed by atoms with Gasteiger partial charge in [0.15, 0.2) is 11.6 Å². The van der Waals surface area contributed by atoms with Gasteiger partial charge in [0.05, 0.1) is 0 Å². The molecule has 0 saturated carbocycles. The molecule has 0 heterocycles. The topological polar surface area (TPSA) is 63.2 Å². The Morgan fingerprint density at radius 2 is 1.81 bits per heavy atom. The maximum Gasteiger partial charge on any atom is 0.218 e. The van der Waals surface area contributed by atoms with Crippen LogP contribution in [0, 0.1) is 0 Å². The summed E-state index contributed by atoms with van der Waals surface area (Å²) in [6.45, 7) is 1.38. The second-order valence-electron chi connectivity index (χ2n) is 5.08. The van der Waals surface area contributed by atoms with Crippen molar-refractivity contribution in [3.8, 4) is 0 Å². The highest BCUT2D eigenvalue weighted by atomic mass is 79.9. The number of ketones is 2. The van der Waals surface area contributed by atoms with Crippen molar-refractivity contribution in [3.63, 3.8) is 0 Å². The van der Waals surface area contributed by atoms with Gasteiger partial charge in [0.25, 0.3) is 0 Å². The second-order valence-corrected chi connectivity index (χ2v) is 6.44. The monoisotopic (exact) mass is 345 g/mol. The van der Waals surface area contributed by atoms with Gasteiger partial charge in [0.1, 0.15) is 4.45 Å². The van der Waals surface area contributed by atoms with Crippen LogP contribution in [0.1, 0.15) is 34.1 Å². The van der Waals surface area contributed by atoms with E-state index in [1.807, 2.05) is 0 Å². The zero-order valence-electron chi connectivity index (χ0n) is 11.3. The van der Waals surface area contributed by atoms with Crippen molar-refractivity contribution in [1.82, 2.24) is 5.32 Å². The van der Waals surface area contributed by atoms with E-state index >= 15 is 0 Å². The molecule has 106 valence electrons. The third kappa shape index (κ3) is 2.08. The van der Waals surface area contributed by atoms with Gasteiger partial charge in [-0.1, -0.05) is 52.3 Å². The van der Waals surface area contributed by atoms with Gasteiger partial charge < -0.3 is 5.32 Å². The smallest absolute Gasteiger partial charge is 0.218 e. The first kappa shape index (κ1) is 13.9. The first-order valence-corrected chi connectivity index (χ1v) is 7.31. The number of rotatable bonds is 1. The molecular weight excluding hydrogens is 334 g/mol. The van der Waals surface area contributed by atoms with Crippen LogP contribution in [0.15, 0.2) is 47.6 Å². The summed E-state index contributed by atoms with van der Waals surface area (Å²) < 4.78 is -1.02. The predicted molar refractivity (Wildman–Crippen MR) is 81.4 cm³/mol. The van der Waals surface area contributed by atoms with Crippen molar-refractivity contribution in [2.24, 2.45) is 0 Å². The molecule has 1 atom stereocenters. The Labute approximate surface area is 130 Å². The molecule has 0 spiro atoms. The van der Waals surface area contributed by atoms with Gasteiger partial charge in [-0.2, -0.15) is 0 Å². The molecule has 1 N–H and O–H groups in total. The van der Waals surface area contributed by atoms with Crippen LogP contribution in [-0.2, 0) is 4.79 Å². The van der Waals surface area contributed by atoms with E-state index in [-0.39, 0.29) is 17.5 Å². The van der Waals surface area contributed by atoms with E-state index in [9.17, 15) is 14.4 Å².